The lowest BCUT2D eigenvalue weighted by Crippen LogP contribution is -2.40. The topological polar surface area (TPSA) is 67.1 Å². The third-order valence-electron chi connectivity index (χ3n) is 4.51. The van der Waals surface area contributed by atoms with Crippen LogP contribution >= 0.6 is 0 Å². The molecule has 0 aliphatic carbocycles. The number of rotatable bonds is 4. The van der Waals surface area contributed by atoms with E-state index in [-0.39, 0.29) is 0 Å². The summed E-state index contributed by atoms with van der Waals surface area (Å²) in [5.41, 5.74) is 9.21. The number of benzene rings is 1. The van der Waals surface area contributed by atoms with Crippen molar-refractivity contribution >= 4 is 23.0 Å². The Kier molecular flexibility index (Phi) is 4.65. The molecule has 1 fully saturated rings. The van der Waals surface area contributed by atoms with Crippen molar-refractivity contribution in [3.05, 3.63) is 36.2 Å². The highest BCUT2D eigenvalue weighted by molar-refractivity contribution is 5.78. The van der Waals surface area contributed by atoms with Crippen LogP contribution in [0.3, 0.4) is 0 Å². The van der Waals surface area contributed by atoms with Crippen molar-refractivity contribution in [1.82, 2.24) is 9.97 Å². The van der Waals surface area contributed by atoms with E-state index in [1.165, 1.54) is 24.8 Å². The van der Waals surface area contributed by atoms with Crippen molar-refractivity contribution < 1.29 is 0 Å². The van der Waals surface area contributed by atoms with Crippen molar-refractivity contribution in [2.45, 2.75) is 45.6 Å². The summed E-state index contributed by atoms with van der Waals surface area (Å²) < 4.78 is 0. The first-order chi connectivity index (χ1) is 11.2. The summed E-state index contributed by atoms with van der Waals surface area (Å²) in [6.07, 6.45) is 6.41. The molecule has 0 bridgehead atoms. The van der Waals surface area contributed by atoms with E-state index in [9.17, 15) is 0 Å². The number of hydrogen-bond donors (Lipinski definition) is 2. The summed E-state index contributed by atoms with van der Waals surface area (Å²) >= 11 is 0. The zero-order chi connectivity index (χ0) is 16.2. The van der Waals surface area contributed by atoms with Crippen molar-refractivity contribution in [1.29, 1.82) is 0 Å². The Balaban J connectivity index is 1.88. The summed E-state index contributed by atoms with van der Waals surface area (Å²) in [4.78, 5) is 11.2. The maximum atomic E-state index is 6.39. The van der Waals surface area contributed by atoms with Crippen LogP contribution in [0.25, 0.3) is 0 Å². The summed E-state index contributed by atoms with van der Waals surface area (Å²) in [6, 6.07) is 8.71. The fourth-order valence-corrected chi connectivity index (χ4v) is 3.28. The molecule has 1 unspecified atom stereocenters. The number of piperidine rings is 1. The first-order valence-electron chi connectivity index (χ1n) is 8.40. The zero-order valence-corrected chi connectivity index (χ0v) is 13.9. The molecule has 3 rings (SSSR count). The number of hydrogen-bond acceptors (Lipinski definition) is 5. The van der Waals surface area contributed by atoms with Gasteiger partial charge in [-0.1, -0.05) is 19.1 Å². The van der Waals surface area contributed by atoms with Gasteiger partial charge in [-0.2, -0.15) is 0 Å². The average molecular weight is 311 g/mol. The molecule has 1 atom stereocenters. The van der Waals surface area contributed by atoms with Crippen LogP contribution in [0.1, 0.15) is 38.2 Å². The van der Waals surface area contributed by atoms with Gasteiger partial charge in [-0.15, -0.1) is 0 Å². The minimum Gasteiger partial charge on any atom is -0.393 e. The molecule has 122 valence electrons. The molecular formula is C18H25N5. The third kappa shape index (κ3) is 3.38. The van der Waals surface area contributed by atoms with E-state index in [0.29, 0.717) is 17.5 Å². The molecule has 2 aromatic rings. The van der Waals surface area contributed by atoms with Gasteiger partial charge in [0.1, 0.15) is 12.0 Å². The molecule has 0 radical (unpaired) electrons. The molecule has 2 heterocycles. The maximum absolute atomic E-state index is 6.39. The number of nitrogens with two attached hydrogens (primary N) is 1. The highest BCUT2D eigenvalue weighted by Gasteiger charge is 2.24. The van der Waals surface area contributed by atoms with Gasteiger partial charge in [0.15, 0.2) is 11.6 Å². The van der Waals surface area contributed by atoms with E-state index in [0.717, 1.165) is 24.5 Å². The van der Waals surface area contributed by atoms with E-state index < -0.39 is 0 Å². The predicted molar refractivity (Wildman–Crippen MR) is 96.2 cm³/mol. The molecule has 1 aromatic carbocycles. The zero-order valence-electron chi connectivity index (χ0n) is 13.9. The second-order valence-corrected chi connectivity index (χ2v) is 6.21. The normalized spacial score (nSPS) is 18.0. The Bertz CT molecular complexity index is 670. The van der Waals surface area contributed by atoms with Gasteiger partial charge in [-0.3, -0.25) is 0 Å². The fraction of sp³-hybridized carbons (Fsp3) is 0.444. The van der Waals surface area contributed by atoms with E-state index in [4.69, 9.17) is 5.73 Å². The van der Waals surface area contributed by atoms with E-state index in [1.807, 2.05) is 12.1 Å². The van der Waals surface area contributed by atoms with Crippen LogP contribution < -0.4 is 16.0 Å². The van der Waals surface area contributed by atoms with Gasteiger partial charge in [-0.25, -0.2) is 9.97 Å². The molecule has 5 heteroatoms. The average Bonchev–Trinajstić information content (AvgIpc) is 2.57. The molecule has 1 saturated heterocycles. The molecule has 3 N–H and O–H groups in total. The largest absolute Gasteiger partial charge is 0.393 e. The Morgan fingerprint density at radius 3 is 2.96 bits per heavy atom. The number of aryl methyl sites for hydroxylation is 1. The van der Waals surface area contributed by atoms with Crippen LogP contribution in [-0.4, -0.2) is 22.6 Å². The Morgan fingerprint density at radius 2 is 2.17 bits per heavy atom. The van der Waals surface area contributed by atoms with E-state index in [1.54, 1.807) is 6.33 Å². The molecule has 1 aliphatic heterocycles. The second kappa shape index (κ2) is 6.86. The molecule has 0 amide bonds. The van der Waals surface area contributed by atoms with Crippen molar-refractivity contribution in [2.75, 3.05) is 22.5 Å². The fourth-order valence-electron chi connectivity index (χ4n) is 3.28. The third-order valence-corrected chi connectivity index (χ3v) is 4.51. The van der Waals surface area contributed by atoms with Gasteiger partial charge in [0.2, 0.25) is 0 Å². The Labute approximate surface area is 137 Å². The molecule has 0 spiro atoms. The second-order valence-electron chi connectivity index (χ2n) is 6.21. The van der Waals surface area contributed by atoms with Crippen molar-refractivity contribution in [2.24, 2.45) is 0 Å². The summed E-state index contributed by atoms with van der Waals surface area (Å²) in [6.45, 7) is 5.31. The van der Waals surface area contributed by atoms with Crippen LogP contribution in [0.5, 0.6) is 0 Å². The SMILES string of the molecule is CCC1CCCCN1c1ncnc(Nc2cccc(C)c2)c1N. The summed E-state index contributed by atoms with van der Waals surface area (Å²) in [5, 5.41) is 3.32. The lowest BCUT2D eigenvalue weighted by Gasteiger charge is -2.36. The van der Waals surface area contributed by atoms with Crippen LogP contribution in [0.2, 0.25) is 0 Å². The Hall–Kier alpha value is -2.30. The summed E-state index contributed by atoms with van der Waals surface area (Å²) in [7, 11) is 0. The molecule has 23 heavy (non-hydrogen) atoms. The van der Waals surface area contributed by atoms with Crippen molar-refractivity contribution in [3.8, 4) is 0 Å². The number of anilines is 4. The van der Waals surface area contributed by atoms with Gasteiger partial charge >= 0.3 is 0 Å². The lowest BCUT2D eigenvalue weighted by molar-refractivity contribution is 0.447. The van der Waals surface area contributed by atoms with Gasteiger partial charge in [0, 0.05) is 18.3 Å². The molecule has 1 aromatic heterocycles. The highest BCUT2D eigenvalue weighted by Crippen LogP contribution is 2.33. The smallest absolute Gasteiger partial charge is 0.159 e. The first-order valence-corrected chi connectivity index (χ1v) is 8.40. The molecular weight excluding hydrogens is 286 g/mol. The number of nitrogens with one attached hydrogen (secondary N) is 1. The van der Waals surface area contributed by atoms with Gasteiger partial charge < -0.3 is 16.0 Å². The molecule has 1 aliphatic rings. The van der Waals surface area contributed by atoms with Gasteiger partial charge in [0.25, 0.3) is 0 Å². The van der Waals surface area contributed by atoms with Crippen LogP contribution in [-0.2, 0) is 0 Å². The predicted octanol–water partition coefficient (Wildman–Crippen LogP) is 3.88. The van der Waals surface area contributed by atoms with E-state index >= 15 is 0 Å². The van der Waals surface area contributed by atoms with Gasteiger partial charge in [0.05, 0.1) is 0 Å². The lowest BCUT2D eigenvalue weighted by atomic mass is 10.00. The Morgan fingerprint density at radius 1 is 1.30 bits per heavy atom. The van der Waals surface area contributed by atoms with Crippen molar-refractivity contribution in [3.63, 3.8) is 0 Å². The molecule has 5 nitrogen and oxygen atoms in total. The van der Waals surface area contributed by atoms with E-state index in [2.05, 4.69) is 46.2 Å². The summed E-state index contributed by atoms with van der Waals surface area (Å²) in [5.74, 6) is 1.54. The quantitative estimate of drug-likeness (QED) is 0.897. The van der Waals surface area contributed by atoms with Crippen LogP contribution in [0.4, 0.5) is 23.0 Å². The van der Waals surface area contributed by atoms with Gasteiger partial charge in [-0.05, 0) is 50.3 Å². The maximum Gasteiger partial charge on any atom is 0.159 e. The number of nitrogens with zero attached hydrogens (tertiary/aromatic N) is 3. The van der Waals surface area contributed by atoms with Crippen LogP contribution in [0, 0.1) is 6.92 Å². The minimum absolute atomic E-state index is 0.521. The monoisotopic (exact) mass is 311 g/mol. The number of nitrogen functional groups attached to an aromatic ring is 1. The first kappa shape index (κ1) is 15.6. The number of aromatic nitrogens is 2. The standard InChI is InChI=1S/C18H25N5/c1-3-15-9-4-5-10-23(15)18-16(19)17(20-12-21-18)22-14-8-6-7-13(2)11-14/h6-8,11-12,15H,3-5,9-10,19H2,1-2H3,(H,20,21,22). The highest BCUT2D eigenvalue weighted by atomic mass is 15.2. The minimum atomic E-state index is 0.521. The molecule has 0 saturated carbocycles. The van der Waals surface area contributed by atoms with Crippen LogP contribution in [0.15, 0.2) is 30.6 Å².